The van der Waals surface area contributed by atoms with Crippen LogP contribution < -0.4 is 11.2 Å². The van der Waals surface area contributed by atoms with Crippen molar-refractivity contribution >= 4 is 17.2 Å². The second-order valence-electron chi connectivity index (χ2n) is 6.62. The molecule has 6 nitrogen and oxygen atoms in total. The second kappa shape index (κ2) is 6.52. The van der Waals surface area contributed by atoms with Crippen LogP contribution in [0, 0.1) is 5.92 Å². The molecule has 0 N–H and O–H groups in total. The van der Waals surface area contributed by atoms with E-state index < -0.39 is 0 Å². The molecule has 2 heterocycles. The predicted molar refractivity (Wildman–Crippen MR) is 96.6 cm³/mol. The topological polar surface area (TPSA) is 61.3 Å². The van der Waals surface area contributed by atoms with Crippen LogP contribution in [0.3, 0.4) is 0 Å². The van der Waals surface area contributed by atoms with Crippen LogP contribution in [0.1, 0.15) is 32.1 Å². The molecule has 1 aromatic carbocycles. The molecule has 0 aliphatic heterocycles. The summed E-state index contributed by atoms with van der Waals surface area (Å²) in [7, 11) is 0. The van der Waals surface area contributed by atoms with Gasteiger partial charge in [0, 0.05) is 24.0 Å². The first-order valence-corrected chi connectivity index (χ1v) is 8.98. The van der Waals surface area contributed by atoms with Crippen LogP contribution in [0.15, 0.2) is 46.2 Å². The van der Waals surface area contributed by atoms with Crippen LogP contribution in [-0.2, 0) is 6.54 Å². The van der Waals surface area contributed by atoms with Crippen molar-refractivity contribution in [2.24, 2.45) is 5.92 Å². The quantitative estimate of drug-likeness (QED) is 0.723. The Hall–Kier alpha value is -2.34. The monoisotopic (exact) mass is 358 g/mol. The molecule has 0 unspecified atom stereocenters. The van der Waals surface area contributed by atoms with Gasteiger partial charge in [-0.05, 0) is 37.0 Å². The smallest absolute Gasteiger partial charge is 0.280 e. The van der Waals surface area contributed by atoms with Crippen LogP contribution in [0.2, 0.25) is 5.02 Å². The highest BCUT2D eigenvalue weighted by atomic mass is 35.5. The number of rotatable bonds is 3. The van der Waals surface area contributed by atoms with E-state index in [1.807, 2.05) is 0 Å². The van der Waals surface area contributed by atoms with E-state index in [1.165, 1.54) is 32.9 Å². The Kier molecular flexibility index (Phi) is 4.21. The lowest BCUT2D eigenvalue weighted by molar-refractivity contribution is 0.304. The highest BCUT2D eigenvalue weighted by Gasteiger charge is 2.18. The van der Waals surface area contributed by atoms with E-state index >= 15 is 0 Å². The number of hydrogen-bond donors (Lipinski definition) is 0. The van der Waals surface area contributed by atoms with Gasteiger partial charge in [0.2, 0.25) is 5.65 Å². The van der Waals surface area contributed by atoms with E-state index in [0.717, 1.165) is 12.8 Å². The van der Waals surface area contributed by atoms with Gasteiger partial charge in [-0.2, -0.15) is 0 Å². The fourth-order valence-corrected chi connectivity index (χ4v) is 3.76. The minimum atomic E-state index is -0.329. The van der Waals surface area contributed by atoms with Crippen molar-refractivity contribution in [3.05, 3.63) is 62.5 Å². The summed E-state index contributed by atoms with van der Waals surface area (Å²) >= 11 is 6.01. The number of nitrogens with zero attached hydrogens (tertiary/aromatic N) is 4. The molecule has 7 heteroatoms. The number of hydrogen-bond acceptors (Lipinski definition) is 3. The highest BCUT2D eigenvalue weighted by Crippen LogP contribution is 2.24. The van der Waals surface area contributed by atoms with Crippen molar-refractivity contribution in [3.63, 3.8) is 0 Å². The maximum Gasteiger partial charge on any atom is 0.350 e. The molecular weight excluding hydrogens is 340 g/mol. The molecule has 0 saturated heterocycles. The Labute approximate surface area is 149 Å². The summed E-state index contributed by atoms with van der Waals surface area (Å²) in [6.45, 7) is 0.580. The molecule has 0 atom stereocenters. The summed E-state index contributed by atoms with van der Waals surface area (Å²) in [5.74, 6) is 0.464. The fraction of sp³-hybridized carbons (Fsp3) is 0.389. The van der Waals surface area contributed by atoms with E-state index in [9.17, 15) is 9.59 Å². The molecule has 130 valence electrons. The van der Waals surface area contributed by atoms with Crippen molar-refractivity contribution in [3.8, 4) is 5.69 Å². The molecular formula is C18H19ClN4O2. The molecule has 1 aliphatic carbocycles. The number of benzene rings is 1. The van der Waals surface area contributed by atoms with E-state index in [4.69, 9.17) is 11.6 Å². The number of fused-ring (bicyclic) bond motifs is 1. The summed E-state index contributed by atoms with van der Waals surface area (Å²) in [6.07, 6.45) is 9.07. The van der Waals surface area contributed by atoms with Crippen LogP contribution in [-0.4, -0.2) is 18.7 Å². The molecule has 1 aliphatic rings. The molecule has 0 amide bonds. The van der Waals surface area contributed by atoms with Crippen LogP contribution in [0.5, 0.6) is 0 Å². The van der Waals surface area contributed by atoms with Gasteiger partial charge in [-0.3, -0.25) is 9.36 Å². The molecule has 1 fully saturated rings. The van der Waals surface area contributed by atoms with E-state index in [1.54, 1.807) is 36.7 Å². The predicted octanol–water partition coefficient (Wildman–Crippen LogP) is 2.88. The lowest BCUT2D eigenvalue weighted by atomic mass is 9.89. The molecule has 0 radical (unpaired) electrons. The molecule has 25 heavy (non-hydrogen) atoms. The van der Waals surface area contributed by atoms with Gasteiger partial charge in [0.05, 0.1) is 5.69 Å². The normalized spacial score (nSPS) is 15.7. The van der Waals surface area contributed by atoms with Crippen molar-refractivity contribution in [1.82, 2.24) is 18.7 Å². The molecule has 3 aromatic rings. The summed E-state index contributed by atoms with van der Waals surface area (Å²) < 4.78 is 4.22. The first-order valence-electron chi connectivity index (χ1n) is 8.60. The fourth-order valence-electron chi connectivity index (χ4n) is 3.57. The zero-order valence-corrected chi connectivity index (χ0v) is 14.5. The number of halogens is 1. The first-order chi connectivity index (χ1) is 12.1. The van der Waals surface area contributed by atoms with Crippen molar-refractivity contribution in [2.75, 3.05) is 0 Å². The third-order valence-corrected chi connectivity index (χ3v) is 5.12. The van der Waals surface area contributed by atoms with Crippen molar-refractivity contribution in [1.29, 1.82) is 0 Å². The summed E-state index contributed by atoms with van der Waals surface area (Å²) in [4.78, 5) is 25.3. The van der Waals surface area contributed by atoms with E-state index in [-0.39, 0.29) is 16.9 Å². The molecule has 2 aromatic heterocycles. The Bertz CT molecular complexity index is 1030. The minimum Gasteiger partial charge on any atom is -0.280 e. The Morgan fingerprint density at radius 1 is 1.12 bits per heavy atom. The van der Waals surface area contributed by atoms with E-state index in [0.29, 0.717) is 23.2 Å². The van der Waals surface area contributed by atoms with Gasteiger partial charge in [-0.1, -0.05) is 36.9 Å². The molecule has 1 saturated carbocycles. The van der Waals surface area contributed by atoms with Gasteiger partial charge < -0.3 is 0 Å². The van der Waals surface area contributed by atoms with Gasteiger partial charge in [-0.25, -0.2) is 13.9 Å². The highest BCUT2D eigenvalue weighted by molar-refractivity contribution is 6.30. The lowest BCUT2D eigenvalue weighted by Gasteiger charge is -2.20. The summed E-state index contributed by atoms with van der Waals surface area (Å²) in [6, 6.07) is 7.03. The number of aromatic nitrogens is 4. The first kappa shape index (κ1) is 16.1. The van der Waals surface area contributed by atoms with Crippen LogP contribution >= 0.6 is 11.6 Å². The molecule has 0 bridgehead atoms. The van der Waals surface area contributed by atoms with Crippen molar-refractivity contribution in [2.45, 2.75) is 38.6 Å². The lowest BCUT2D eigenvalue weighted by Crippen LogP contribution is -2.26. The summed E-state index contributed by atoms with van der Waals surface area (Å²) in [5, 5.41) is 4.86. The zero-order chi connectivity index (χ0) is 17.4. The Morgan fingerprint density at radius 3 is 2.68 bits per heavy atom. The molecule has 4 rings (SSSR count). The van der Waals surface area contributed by atoms with Gasteiger partial charge >= 0.3 is 11.2 Å². The Balaban J connectivity index is 1.77. The van der Waals surface area contributed by atoms with Gasteiger partial charge in [0.1, 0.15) is 0 Å². The summed E-state index contributed by atoms with van der Waals surface area (Å²) in [5.41, 5.74) is 0.206. The van der Waals surface area contributed by atoms with Crippen LogP contribution in [0.25, 0.3) is 11.3 Å². The average Bonchev–Trinajstić information content (AvgIpc) is 2.93. The SMILES string of the molecule is O=c1c2nn(CC3CCCCC3)c(=O)n2ccn1-c1cccc(Cl)c1. The second-order valence-corrected chi connectivity index (χ2v) is 7.05. The zero-order valence-electron chi connectivity index (χ0n) is 13.8. The third-order valence-electron chi connectivity index (χ3n) is 4.89. The largest absolute Gasteiger partial charge is 0.350 e. The minimum absolute atomic E-state index is 0.142. The van der Waals surface area contributed by atoms with E-state index in [2.05, 4.69) is 5.10 Å². The van der Waals surface area contributed by atoms with Gasteiger partial charge in [-0.15, -0.1) is 5.10 Å². The third kappa shape index (κ3) is 3.02. The molecule has 0 spiro atoms. The maximum atomic E-state index is 12.8. The van der Waals surface area contributed by atoms with Gasteiger partial charge in [0.25, 0.3) is 0 Å². The standard InChI is InChI=1S/C18H19ClN4O2/c19-14-7-4-8-15(11-14)21-9-10-22-16(17(21)24)20-23(18(22)25)12-13-5-2-1-3-6-13/h4,7-11,13H,1-3,5-6,12H2. The Morgan fingerprint density at radius 2 is 1.92 bits per heavy atom. The average molecular weight is 359 g/mol. The van der Waals surface area contributed by atoms with Crippen molar-refractivity contribution < 1.29 is 0 Å². The maximum absolute atomic E-state index is 12.8. The van der Waals surface area contributed by atoms with Crippen LogP contribution in [0.4, 0.5) is 0 Å². The van der Waals surface area contributed by atoms with Gasteiger partial charge in [0.15, 0.2) is 0 Å².